The Labute approximate surface area is 90.7 Å². The lowest BCUT2D eigenvalue weighted by atomic mass is 10.0. The molecule has 2 amide bonds. The van der Waals surface area contributed by atoms with Crippen molar-refractivity contribution in [2.45, 2.75) is 12.5 Å². The first-order chi connectivity index (χ1) is 7.09. The average molecular weight is 225 g/mol. The highest BCUT2D eigenvalue weighted by Crippen LogP contribution is 2.24. The number of primary amides is 1. The number of hydrogen-bond donors (Lipinski definition) is 2. The molecule has 0 aliphatic carbocycles. The van der Waals surface area contributed by atoms with Crippen molar-refractivity contribution in [3.63, 3.8) is 0 Å². The van der Waals surface area contributed by atoms with E-state index >= 15 is 0 Å². The zero-order chi connectivity index (χ0) is 11.0. The normalized spacial score (nSPS) is 19.7. The number of carbonyl (C=O) groups excluding carboxylic acids is 2. The van der Waals surface area contributed by atoms with E-state index < -0.39 is 11.9 Å². The number of amides is 2. The molecule has 1 unspecified atom stereocenters. The number of hydrogen-bond acceptors (Lipinski definition) is 4. The average Bonchev–Trinajstić information content (AvgIpc) is 2.48. The van der Waals surface area contributed by atoms with Gasteiger partial charge in [-0.2, -0.15) is 0 Å². The Morgan fingerprint density at radius 1 is 1.53 bits per heavy atom. The molecule has 80 valence electrons. The van der Waals surface area contributed by atoms with Gasteiger partial charge in [0.15, 0.2) is 0 Å². The first-order valence-electron chi connectivity index (χ1n) is 4.54. The van der Waals surface area contributed by atoms with E-state index in [0.717, 1.165) is 0 Å². The lowest BCUT2D eigenvalue weighted by Crippen LogP contribution is -2.57. The Balaban J connectivity index is 2.12. The summed E-state index contributed by atoms with van der Waals surface area (Å²) in [7, 11) is 0. The number of nitrogens with two attached hydrogens (primary N) is 2. The zero-order valence-corrected chi connectivity index (χ0v) is 8.79. The van der Waals surface area contributed by atoms with Gasteiger partial charge in [0.25, 0.3) is 5.91 Å². The number of carbonyl (C=O) groups is 2. The van der Waals surface area contributed by atoms with Crippen LogP contribution in [0.2, 0.25) is 0 Å². The molecule has 1 fully saturated rings. The summed E-state index contributed by atoms with van der Waals surface area (Å²) in [6.07, 6.45) is 0.655. The predicted molar refractivity (Wildman–Crippen MR) is 57.4 cm³/mol. The molecule has 0 aromatic carbocycles. The summed E-state index contributed by atoms with van der Waals surface area (Å²) in [5.74, 6) is -0.606. The minimum atomic E-state index is -0.445. The smallest absolute Gasteiger partial charge is 0.264 e. The zero-order valence-electron chi connectivity index (χ0n) is 7.97. The molecule has 0 bridgehead atoms. The molecular formula is C9H11N3O2S. The largest absolute Gasteiger partial charge is 0.398 e. The molecule has 2 heterocycles. The Kier molecular flexibility index (Phi) is 2.36. The Morgan fingerprint density at radius 2 is 2.27 bits per heavy atom. The van der Waals surface area contributed by atoms with Crippen LogP contribution in [-0.2, 0) is 4.79 Å². The van der Waals surface area contributed by atoms with Crippen molar-refractivity contribution in [3.8, 4) is 0 Å². The van der Waals surface area contributed by atoms with E-state index in [1.54, 1.807) is 11.4 Å². The molecule has 15 heavy (non-hydrogen) atoms. The molecule has 0 saturated carbocycles. The fourth-order valence-corrected chi connectivity index (χ4v) is 2.28. The van der Waals surface area contributed by atoms with Crippen LogP contribution in [0.15, 0.2) is 11.4 Å². The van der Waals surface area contributed by atoms with E-state index in [1.807, 2.05) is 0 Å². The van der Waals surface area contributed by atoms with Gasteiger partial charge in [-0.3, -0.25) is 9.59 Å². The Morgan fingerprint density at radius 3 is 2.67 bits per heavy atom. The highest BCUT2D eigenvalue weighted by Gasteiger charge is 2.36. The quantitative estimate of drug-likeness (QED) is 0.744. The van der Waals surface area contributed by atoms with Crippen LogP contribution in [0, 0.1) is 0 Å². The second-order valence-corrected chi connectivity index (χ2v) is 4.36. The number of nitrogens with zero attached hydrogens (tertiary/aromatic N) is 1. The van der Waals surface area contributed by atoms with Crippen molar-refractivity contribution in [1.29, 1.82) is 0 Å². The molecule has 0 spiro atoms. The van der Waals surface area contributed by atoms with Crippen LogP contribution < -0.4 is 11.5 Å². The maximum atomic E-state index is 11.8. The van der Waals surface area contributed by atoms with Crippen LogP contribution in [0.25, 0.3) is 0 Å². The van der Waals surface area contributed by atoms with Crippen LogP contribution in [0.3, 0.4) is 0 Å². The van der Waals surface area contributed by atoms with Gasteiger partial charge in [0.2, 0.25) is 5.91 Å². The molecule has 1 aliphatic heterocycles. The number of rotatable bonds is 2. The molecular weight excluding hydrogens is 214 g/mol. The van der Waals surface area contributed by atoms with Crippen molar-refractivity contribution in [1.82, 2.24) is 4.90 Å². The van der Waals surface area contributed by atoms with E-state index in [9.17, 15) is 9.59 Å². The van der Waals surface area contributed by atoms with Crippen LogP contribution in [0.1, 0.15) is 16.1 Å². The monoisotopic (exact) mass is 225 g/mol. The van der Waals surface area contributed by atoms with Crippen molar-refractivity contribution >= 4 is 28.8 Å². The third-order valence-corrected chi connectivity index (χ3v) is 3.38. The van der Waals surface area contributed by atoms with Gasteiger partial charge in [-0.05, 0) is 12.5 Å². The highest BCUT2D eigenvalue weighted by atomic mass is 32.1. The first kappa shape index (κ1) is 9.97. The molecule has 1 aromatic rings. The van der Waals surface area contributed by atoms with Crippen molar-refractivity contribution < 1.29 is 9.59 Å². The van der Waals surface area contributed by atoms with Gasteiger partial charge in [0.05, 0.1) is 4.88 Å². The van der Waals surface area contributed by atoms with E-state index in [2.05, 4.69) is 0 Å². The first-order valence-corrected chi connectivity index (χ1v) is 5.42. The van der Waals surface area contributed by atoms with Gasteiger partial charge in [0.1, 0.15) is 6.04 Å². The SMILES string of the molecule is NC(=O)C1CCN1C(=O)c1cc(N)cs1. The number of likely N-dealkylation sites (tertiary alicyclic amines) is 1. The predicted octanol–water partition coefficient (Wildman–Crippen LogP) is 0.0301. The van der Waals surface area contributed by atoms with E-state index in [1.165, 1.54) is 16.2 Å². The van der Waals surface area contributed by atoms with Gasteiger partial charge in [-0.15, -0.1) is 11.3 Å². The second kappa shape index (κ2) is 3.54. The molecule has 6 heteroatoms. The summed E-state index contributed by atoms with van der Waals surface area (Å²) in [6, 6.07) is 1.17. The van der Waals surface area contributed by atoms with Crippen LogP contribution >= 0.6 is 11.3 Å². The number of anilines is 1. The topological polar surface area (TPSA) is 89.4 Å². The number of nitrogen functional groups attached to an aromatic ring is 1. The van der Waals surface area contributed by atoms with Gasteiger partial charge in [-0.25, -0.2) is 0 Å². The van der Waals surface area contributed by atoms with Crippen LogP contribution in [0.4, 0.5) is 5.69 Å². The van der Waals surface area contributed by atoms with Gasteiger partial charge in [0, 0.05) is 17.6 Å². The maximum Gasteiger partial charge on any atom is 0.264 e. The maximum absolute atomic E-state index is 11.8. The Hall–Kier alpha value is -1.56. The minimum Gasteiger partial charge on any atom is -0.398 e. The number of thiophene rings is 1. The second-order valence-electron chi connectivity index (χ2n) is 3.45. The third kappa shape index (κ3) is 1.68. The fourth-order valence-electron chi connectivity index (χ4n) is 1.53. The summed E-state index contributed by atoms with van der Waals surface area (Å²) >= 11 is 1.28. The molecule has 1 atom stereocenters. The minimum absolute atomic E-state index is 0.160. The summed E-state index contributed by atoms with van der Waals surface area (Å²) in [4.78, 5) is 24.8. The Bertz CT molecular complexity index is 415. The summed E-state index contributed by atoms with van der Waals surface area (Å²) in [6.45, 7) is 0.588. The van der Waals surface area contributed by atoms with Crippen molar-refractivity contribution in [2.75, 3.05) is 12.3 Å². The summed E-state index contributed by atoms with van der Waals surface area (Å²) < 4.78 is 0. The van der Waals surface area contributed by atoms with E-state index in [4.69, 9.17) is 11.5 Å². The molecule has 4 N–H and O–H groups in total. The molecule has 5 nitrogen and oxygen atoms in total. The lowest BCUT2D eigenvalue weighted by molar-refractivity contribution is -0.125. The van der Waals surface area contributed by atoms with Gasteiger partial charge >= 0.3 is 0 Å². The summed E-state index contributed by atoms with van der Waals surface area (Å²) in [5, 5.41) is 1.70. The third-order valence-electron chi connectivity index (χ3n) is 2.44. The van der Waals surface area contributed by atoms with E-state index in [-0.39, 0.29) is 5.91 Å². The van der Waals surface area contributed by atoms with Crippen LogP contribution in [-0.4, -0.2) is 29.3 Å². The highest BCUT2D eigenvalue weighted by molar-refractivity contribution is 7.12. The fraction of sp³-hybridized carbons (Fsp3) is 0.333. The molecule has 1 aromatic heterocycles. The van der Waals surface area contributed by atoms with Gasteiger partial charge < -0.3 is 16.4 Å². The van der Waals surface area contributed by atoms with Crippen LogP contribution in [0.5, 0.6) is 0 Å². The van der Waals surface area contributed by atoms with Gasteiger partial charge in [-0.1, -0.05) is 0 Å². The van der Waals surface area contributed by atoms with Crippen molar-refractivity contribution in [3.05, 3.63) is 16.3 Å². The van der Waals surface area contributed by atoms with Crippen molar-refractivity contribution in [2.24, 2.45) is 5.73 Å². The standard InChI is InChI=1S/C9H11N3O2S/c10-5-3-7(15-4-5)9(14)12-2-1-6(12)8(11)13/h3-4,6H,1-2,10H2,(H2,11,13). The molecule has 2 rings (SSSR count). The molecule has 1 saturated heterocycles. The molecule has 1 aliphatic rings. The molecule has 0 radical (unpaired) electrons. The lowest BCUT2D eigenvalue weighted by Gasteiger charge is -2.38. The van der Waals surface area contributed by atoms with E-state index in [0.29, 0.717) is 23.5 Å². The summed E-state index contributed by atoms with van der Waals surface area (Å²) in [5.41, 5.74) is 11.2.